The Bertz CT molecular complexity index is 537. The molecule has 2 N–H and O–H groups in total. The van der Waals surface area contributed by atoms with Crippen molar-refractivity contribution in [2.45, 2.75) is 19.9 Å². The SMILES string of the molecule is CC1(CN)CCN(Cc2coc(-c3cccs3)n2)C1. The third-order valence-electron chi connectivity index (χ3n) is 3.80. The zero-order valence-corrected chi connectivity index (χ0v) is 11.9. The monoisotopic (exact) mass is 277 g/mol. The summed E-state index contributed by atoms with van der Waals surface area (Å²) < 4.78 is 5.55. The number of likely N-dealkylation sites (tertiary alicyclic amines) is 1. The lowest BCUT2D eigenvalue weighted by molar-refractivity contribution is 0.272. The van der Waals surface area contributed by atoms with E-state index in [0.717, 1.165) is 42.6 Å². The Balaban J connectivity index is 1.65. The summed E-state index contributed by atoms with van der Waals surface area (Å²) in [7, 11) is 0. The largest absolute Gasteiger partial charge is 0.444 e. The van der Waals surface area contributed by atoms with E-state index in [1.165, 1.54) is 6.42 Å². The third-order valence-corrected chi connectivity index (χ3v) is 4.66. The van der Waals surface area contributed by atoms with E-state index in [4.69, 9.17) is 10.2 Å². The summed E-state index contributed by atoms with van der Waals surface area (Å²) in [6.45, 7) is 6.00. The Kier molecular flexibility index (Phi) is 3.43. The molecule has 4 nitrogen and oxygen atoms in total. The van der Waals surface area contributed by atoms with Crippen molar-refractivity contribution >= 4 is 11.3 Å². The molecule has 102 valence electrons. The standard InChI is InChI=1S/C14H19N3OS/c1-14(9-15)4-5-17(10-14)7-11-8-18-13(16-11)12-3-2-6-19-12/h2-3,6,8H,4-5,7,9-10,15H2,1H3. The van der Waals surface area contributed by atoms with Crippen molar-refractivity contribution in [2.75, 3.05) is 19.6 Å². The van der Waals surface area contributed by atoms with Gasteiger partial charge in [0.25, 0.3) is 0 Å². The first-order chi connectivity index (χ1) is 9.18. The van der Waals surface area contributed by atoms with Gasteiger partial charge in [-0.05, 0) is 36.4 Å². The number of oxazole rings is 1. The number of nitrogens with zero attached hydrogens (tertiary/aromatic N) is 2. The van der Waals surface area contributed by atoms with Crippen LogP contribution in [0.4, 0.5) is 0 Å². The van der Waals surface area contributed by atoms with E-state index < -0.39 is 0 Å². The van der Waals surface area contributed by atoms with Gasteiger partial charge in [-0.15, -0.1) is 11.3 Å². The van der Waals surface area contributed by atoms with Crippen LogP contribution in [0.1, 0.15) is 19.0 Å². The maximum atomic E-state index is 5.83. The smallest absolute Gasteiger partial charge is 0.236 e. The minimum Gasteiger partial charge on any atom is -0.444 e. The fourth-order valence-corrected chi connectivity index (χ4v) is 3.21. The zero-order chi connectivity index (χ0) is 13.3. The number of aromatic nitrogens is 1. The lowest BCUT2D eigenvalue weighted by Gasteiger charge is -2.21. The molecule has 5 heteroatoms. The maximum Gasteiger partial charge on any atom is 0.236 e. The van der Waals surface area contributed by atoms with Crippen LogP contribution in [0.3, 0.4) is 0 Å². The highest BCUT2D eigenvalue weighted by Crippen LogP contribution is 2.30. The van der Waals surface area contributed by atoms with E-state index in [9.17, 15) is 0 Å². The van der Waals surface area contributed by atoms with E-state index in [2.05, 4.69) is 16.8 Å². The highest BCUT2D eigenvalue weighted by molar-refractivity contribution is 7.13. The molecule has 1 saturated heterocycles. The molecule has 0 aromatic carbocycles. The van der Waals surface area contributed by atoms with Crippen molar-refractivity contribution in [3.63, 3.8) is 0 Å². The molecule has 19 heavy (non-hydrogen) atoms. The highest BCUT2D eigenvalue weighted by Gasteiger charge is 2.32. The fraction of sp³-hybridized carbons (Fsp3) is 0.500. The summed E-state index contributed by atoms with van der Waals surface area (Å²) in [5.74, 6) is 0.728. The number of hydrogen-bond donors (Lipinski definition) is 1. The molecule has 1 unspecified atom stereocenters. The van der Waals surface area contributed by atoms with Gasteiger partial charge < -0.3 is 10.2 Å². The molecule has 0 radical (unpaired) electrons. The molecule has 0 bridgehead atoms. The van der Waals surface area contributed by atoms with Crippen molar-refractivity contribution in [1.29, 1.82) is 0 Å². The fourth-order valence-electron chi connectivity index (χ4n) is 2.55. The van der Waals surface area contributed by atoms with Gasteiger partial charge in [-0.1, -0.05) is 13.0 Å². The Hall–Kier alpha value is -1.17. The Morgan fingerprint density at radius 2 is 2.47 bits per heavy atom. The lowest BCUT2D eigenvalue weighted by atomic mass is 9.90. The van der Waals surface area contributed by atoms with Crippen molar-refractivity contribution in [2.24, 2.45) is 11.1 Å². The molecule has 2 aromatic rings. The minimum absolute atomic E-state index is 0.264. The van der Waals surface area contributed by atoms with Crippen molar-refractivity contribution < 1.29 is 4.42 Å². The zero-order valence-electron chi connectivity index (χ0n) is 11.1. The number of rotatable bonds is 4. The van der Waals surface area contributed by atoms with E-state index in [0.29, 0.717) is 0 Å². The molecule has 2 aromatic heterocycles. The minimum atomic E-state index is 0.264. The van der Waals surface area contributed by atoms with Crippen LogP contribution in [-0.4, -0.2) is 29.5 Å². The Labute approximate surface area is 117 Å². The average molecular weight is 277 g/mol. The summed E-state index contributed by atoms with van der Waals surface area (Å²) >= 11 is 1.65. The molecule has 1 aliphatic rings. The van der Waals surface area contributed by atoms with E-state index >= 15 is 0 Å². The molecule has 0 spiro atoms. The molecular formula is C14H19N3OS. The highest BCUT2D eigenvalue weighted by atomic mass is 32.1. The second kappa shape index (κ2) is 5.07. The summed E-state index contributed by atoms with van der Waals surface area (Å²) in [6, 6.07) is 4.04. The average Bonchev–Trinajstić information content (AvgIpc) is 3.11. The number of hydrogen-bond acceptors (Lipinski definition) is 5. The van der Waals surface area contributed by atoms with Crippen LogP contribution < -0.4 is 5.73 Å². The van der Waals surface area contributed by atoms with Crippen LogP contribution in [-0.2, 0) is 6.54 Å². The maximum absolute atomic E-state index is 5.83. The van der Waals surface area contributed by atoms with E-state index in [-0.39, 0.29) is 5.41 Å². The van der Waals surface area contributed by atoms with Gasteiger partial charge >= 0.3 is 0 Å². The summed E-state index contributed by atoms with van der Waals surface area (Å²) in [5, 5.41) is 2.03. The van der Waals surface area contributed by atoms with Gasteiger partial charge in [0.2, 0.25) is 5.89 Å². The number of thiophene rings is 1. The van der Waals surface area contributed by atoms with Crippen LogP contribution in [0.25, 0.3) is 10.8 Å². The second-order valence-electron chi connectivity index (χ2n) is 5.60. The van der Waals surface area contributed by atoms with Gasteiger partial charge in [-0.25, -0.2) is 4.98 Å². The summed E-state index contributed by atoms with van der Waals surface area (Å²) in [4.78, 5) is 8.05. The van der Waals surface area contributed by atoms with Crippen LogP contribution in [0.15, 0.2) is 28.2 Å². The summed E-state index contributed by atoms with van der Waals surface area (Å²) in [6.07, 6.45) is 2.94. The molecule has 0 amide bonds. The van der Waals surface area contributed by atoms with Crippen molar-refractivity contribution in [1.82, 2.24) is 9.88 Å². The van der Waals surface area contributed by atoms with Gasteiger partial charge in [0.15, 0.2) is 0 Å². The topological polar surface area (TPSA) is 55.3 Å². The lowest BCUT2D eigenvalue weighted by Crippen LogP contribution is -2.31. The first-order valence-corrected chi connectivity index (χ1v) is 7.47. The van der Waals surface area contributed by atoms with Crippen LogP contribution in [0, 0.1) is 5.41 Å². The molecule has 3 heterocycles. The Morgan fingerprint density at radius 1 is 1.58 bits per heavy atom. The summed E-state index contributed by atoms with van der Waals surface area (Å²) in [5.41, 5.74) is 7.10. The van der Waals surface area contributed by atoms with Gasteiger partial charge in [0.1, 0.15) is 6.26 Å². The van der Waals surface area contributed by atoms with Gasteiger partial charge in [-0.3, -0.25) is 4.90 Å². The van der Waals surface area contributed by atoms with Gasteiger partial charge in [-0.2, -0.15) is 0 Å². The molecule has 0 aliphatic carbocycles. The quantitative estimate of drug-likeness (QED) is 0.933. The van der Waals surface area contributed by atoms with Gasteiger partial charge in [0, 0.05) is 13.1 Å². The third kappa shape index (κ3) is 2.73. The predicted molar refractivity (Wildman–Crippen MR) is 76.9 cm³/mol. The second-order valence-corrected chi connectivity index (χ2v) is 6.54. The van der Waals surface area contributed by atoms with E-state index in [1.54, 1.807) is 17.6 Å². The van der Waals surface area contributed by atoms with Crippen LogP contribution in [0.2, 0.25) is 0 Å². The molecule has 3 rings (SSSR count). The normalized spacial score (nSPS) is 24.1. The van der Waals surface area contributed by atoms with Crippen molar-refractivity contribution in [3.05, 3.63) is 29.5 Å². The van der Waals surface area contributed by atoms with Crippen LogP contribution in [0.5, 0.6) is 0 Å². The molecular weight excluding hydrogens is 258 g/mol. The Morgan fingerprint density at radius 3 is 3.16 bits per heavy atom. The first-order valence-electron chi connectivity index (χ1n) is 6.59. The van der Waals surface area contributed by atoms with Crippen LogP contribution >= 0.6 is 11.3 Å². The first kappa shape index (κ1) is 12.8. The van der Waals surface area contributed by atoms with Crippen molar-refractivity contribution in [3.8, 4) is 10.8 Å². The molecule has 0 saturated carbocycles. The molecule has 1 fully saturated rings. The van der Waals surface area contributed by atoms with E-state index in [1.807, 2.05) is 17.5 Å². The molecule has 1 atom stereocenters. The molecule has 1 aliphatic heterocycles. The number of nitrogens with two attached hydrogens (primary N) is 1. The predicted octanol–water partition coefficient (Wildman–Crippen LogP) is 2.57. The van der Waals surface area contributed by atoms with Gasteiger partial charge in [0.05, 0.1) is 10.6 Å².